The van der Waals surface area contributed by atoms with E-state index in [1.807, 2.05) is 6.92 Å². The molecule has 1 N–H and O–H groups in total. The topological polar surface area (TPSA) is 66.5 Å². The van der Waals surface area contributed by atoms with Gasteiger partial charge in [-0.3, -0.25) is 9.10 Å². The van der Waals surface area contributed by atoms with Crippen molar-refractivity contribution >= 4 is 44.8 Å². The van der Waals surface area contributed by atoms with Crippen LogP contribution in [0, 0.1) is 0 Å². The zero-order valence-corrected chi connectivity index (χ0v) is 14.4. The molecule has 0 aromatic heterocycles. The maximum atomic E-state index is 12.1. The number of carbonyl (C=O) groups is 1. The van der Waals surface area contributed by atoms with Crippen LogP contribution < -0.4 is 9.62 Å². The van der Waals surface area contributed by atoms with Crippen LogP contribution in [0.3, 0.4) is 0 Å². The molecule has 0 saturated carbocycles. The third-order valence-electron chi connectivity index (χ3n) is 2.78. The Morgan fingerprint density at radius 1 is 1.38 bits per heavy atom. The number of benzene rings is 1. The SMILES string of the molecule is CCCNC(=O)[C@@H](C)N(c1cc(Cl)ccc1Cl)S(C)(=O)=O. The lowest BCUT2D eigenvalue weighted by Crippen LogP contribution is -2.48. The second-order valence-electron chi connectivity index (χ2n) is 4.62. The standard InChI is InChI=1S/C13H18Cl2N2O3S/c1-4-7-16-13(18)9(2)17(21(3,19)20)12-8-10(14)5-6-11(12)15/h5-6,8-9H,4,7H2,1-3H3,(H,16,18)/t9-/m1/s1. The second-order valence-corrected chi connectivity index (χ2v) is 7.32. The monoisotopic (exact) mass is 352 g/mol. The van der Waals surface area contributed by atoms with Crippen molar-refractivity contribution in [2.24, 2.45) is 0 Å². The summed E-state index contributed by atoms with van der Waals surface area (Å²) in [4.78, 5) is 12.1. The van der Waals surface area contributed by atoms with Gasteiger partial charge in [0.05, 0.1) is 17.0 Å². The van der Waals surface area contributed by atoms with Gasteiger partial charge in [0.2, 0.25) is 15.9 Å². The molecule has 8 heteroatoms. The number of hydrogen-bond donors (Lipinski definition) is 1. The molecule has 1 amide bonds. The highest BCUT2D eigenvalue weighted by Crippen LogP contribution is 2.32. The molecule has 0 aliphatic carbocycles. The summed E-state index contributed by atoms with van der Waals surface area (Å²) in [6, 6.07) is 3.54. The van der Waals surface area contributed by atoms with Gasteiger partial charge in [0.25, 0.3) is 0 Å². The lowest BCUT2D eigenvalue weighted by molar-refractivity contribution is -0.121. The van der Waals surface area contributed by atoms with Crippen molar-refractivity contribution in [3.05, 3.63) is 28.2 Å². The first-order chi connectivity index (χ1) is 9.68. The first kappa shape index (κ1) is 18.1. The molecular weight excluding hydrogens is 335 g/mol. The van der Waals surface area contributed by atoms with Gasteiger partial charge in [0.15, 0.2) is 0 Å². The zero-order chi connectivity index (χ0) is 16.2. The summed E-state index contributed by atoms with van der Waals surface area (Å²) in [6.07, 6.45) is 1.78. The Kier molecular flexibility index (Phi) is 6.31. The Balaban J connectivity index is 3.24. The summed E-state index contributed by atoms with van der Waals surface area (Å²) in [6.45, 7) is 3.89. The summed E-state index contributed by atoms with van der Waals surface area (Å²) in [5, 5.41) is 3.21. The molecule has 118 valence electrons. The largest absolute Gasteiger partial charge is 0.354 e. The van der Waals surface area contributed by atoms with Crippen LogP contribution in [0.1, 0.15) is 20.3 Å². The molecule has 1 rings (SSSR count). The predicted molar refractivity (Wildman–Crippen MR) is 86.5 cm³/mol. The van der Waals surface area contributed by atoms with E-state index in [9.17, 15) is 13.2 Å². The molecule has 0 radical (unpaired) electrons. The maximum Gasteiger partial charge on any atom is 0.243 e. The van der Waals surface area contributed by atoms with Crippen LogP contribution in [0.15, 0.2) is 18.2 Å². The maximum absolute atomic E-state index is 12.1. The van der Waals surface area contributed by atoms with E-state index in [0.717, 1.165) is 17.0 Å². The number of anilines is 1. The van der Waals surface area contributed by atoms with E-state index >= 15 is 0 Å². The molecule has 0 saturated heterocycles. The van der Waals surface area contributed by atoms with Gasteiger partial charge in [-0.25, -0.2) is 8.42 Å². The molecule has 1 atom stereocenters. The van der Waals surface area contributed by atoms with E-state index in [0.29, 0.717) is 11.6 Å². The van der Waals surface area contributed by atoms with E-state index in [1.54, 1.807) is 6.07 Å². The van der Waals surface area contributed by atoms with Crippen LogP contribution in [0.5, 0.6) is 0 Å². The average molecular weight is 353 g/mol. The molecule has 0 fully saturated rings. The summed E-state index contributed by atoms with van der Waals surface area (Å²) >= 11 is 12.0. The van der Waals surface area contributed by atoms with Crippen LogP contribution in [0.4, 0.5) is 5.69 Å². The Morgan fingerprint density at radius 2 is 2.00 bits per heavy atom. The third-order valence-corrected chi connectivity index (χ3v) is 4.57. The molecule has 0 aliphatic heterocycles. The van der Waals surface area contributed by atoms with E-state index in [2.05, 4.69) is 5.32 Å². The fourth-order valence-corrected chi connectivity index (χ4v) is 3.44. The lowest BCUT2D eigenvalue weighted by atomic mass is 10.2. The lowest BCUT2D eigenvalue weighted by Gasteiger charge is -2.29. The zero-order valence-electron chi connectivity index (χ0n) is 12.1. The van der Waals surface area contributed by atoms with Gasteiger partial charge >= 0.3 is 0 Å². The third kappa shape index (κ3) is 4.76. The van der Waals surface area contributed by atoms with Gasteiger partial charge in [-0.1, -0.05) is 30.1 Å². The van der Waals surface area contributed by atoms with Crippen molar-refractivity contribution in [2.45, 2.75) is 26.3 Å². The van der Waals surface area contributed by atoms with Crippen molar-refractivity contribution in [1.82, 2.24) is 5.32 Å². The van der Waals surface area contributed by atoms with Crippen molar-refractivity contribution in [1.29, 1.82) is 0 Å². The van der Waals surface area contributed by atoms with E-state index < -0.39 is 22.0 Å². The minimum absolute atomic E-state index is 0.186. The quantitative estimate of drug-likeness (QED) is 0.855. The van der Waals surface area contributed by atoms with E-state index in [-0.39, 0.29) is 10.7 Å². The van der Waals surface area contributed by atoms with Crippen molar-refractivity contribution < 1.29 is 13.2 Å². The summed E-state index contributed by atoms with van der Waals surface area (Å²) in [7, 11) is -3.70. The summed E-state index contributed by atoms with van der Waals surface area (Å²) < 4.78 is 25.1. The predicted octanol–water partition coefficient (Wildman–Crippen LogP) is 2.67. The van der Waals surface area contributed by atoms with Gasteiger partial charge in [0.1, 0.15) is 6.04 Å². The highest BCUT2D eigenvalue weighted by atomic mass is 35.5. The molecule has 5 nitrogen and oxygen atoms in total. The molecule has 0 bridgehead atoms. The van der Waals surface area contributed by atoms with Crippen LogP contribution in [-0.2, 0) is 14.8 Å². The Hall–Kier alpha value is -0.980. The summed E-state index contributed by atoms with van der Waals surface area (Å²) in [5.41, 5.74) is 0.186. The van der Waals surface area contributed by atoms with E-state index in [1.165, 1.54) is 19.1 Å². The number of sulfonamides is 1. The second kappa shape index (κ2) is 7.33. The van der Waals surface area contributed by atoms with Gasteiger partial charge in [-0.05, 0) is 31.5 Å². The molecule has 21 heavy (non-hydrogen) atoms. The van der Waals surface area contributed by atoms with Gasteiger partial charge in [0, 0.05) is 11.6 Å². The molecule has 0 spiro atoms. The van der Waals surface area contributed by atoms with Crippen LogP contribution in [0.2, 0.25) is 10.0 Å². The highest BCUT2D eigenvalue weighted by molar-refractivity contribution is 7.92. The Morgan fingerprint density at radius 3 is 2.52 bits per heavy atom. The number of nitrogens with zero attached hydrogens (tertiary/aromatic N) is 1. The average Bonchev–Trinajstić information content (AvgIpc) is 2.38. The fraction of sp³-hybridized carbons (Fsp3) is 0.462. The molecule has 1 aromatic rings. The van der Waals surface area contributed by atoms with E-state index in [4.69, 9.17) is 23.2 Å². The molecular formula is C13H18Cl2N2O3S. The van der Waals surface area contributed by atoms with Gasteiger partial charge in [-0.2, -0.15) is 0 Å². The molecule has 0 unspecified atom stereocenters. The van der Waals surface area contributed by atoms with Crippen molar-refractivity contribution in [3.8, 4) is 0 Å². The highest BCUT2D eigenvalue weighted by Gasteiger charge is 2.30. The Labute approximate surface area is 135 Å². The first-order valence-corrected chi connectivity index (χ1v) is 9.01. The Bertz CT molecular complexity index is 620. The molecule has 0 aliphatic rings. The number of halogens is 2. The van der Waals surface area contributed by atoms with Crippen LogP contribution in [0.25, 0.3) is 0 Å². The normalized spacial score (nSPS) is 12.8. The van der Waals surface area contributed by atoms with Crippen LogP contribution >= 0.6 is 23.2 Å². The molecule has 1 aromatic carbocycles. The number of nitrogens with one attached hydrogen (secondary N) is 1. The molecule has 0 heterocycles. The smallest absolute Gasteiger partial charge is 0.243 e. The number of rotatable bonds is 6. The van der Waals surface area contributed by atoms with Crippen molar-refractivity contribution in [3.63, 3.8) is 0 Å². The minimum Gasteiger partial charge on any atom is -0.354 e. The van der Waals surface area contributed by atoms with Gasteiger partial charge < -0.3 is 5.32 Å². The number of hydrogen-bond acceptors (Lipinski definition) is 3. The van der Waals surface area contributed by atoms with Crippen molar-refractivity contribution in [2.75, 3.05) is 17.1 Å². The van der Waals surface area contributed by atoms with Gasteiger partial charge in [-0.15, -0.1) is 0 Å². The number of carbonyl (C=O) groups excluding carboxylic acids is 1. The number of amides is 1. The fourth-order valence-electron chi connectivity index (χ4n) is 1.83. The summed E-state index contributed by atoms with van der Waals surface area (Å²) in [5.74, 6) is -0.390. The van der Waals surface area contributed by atoms with Crippen LogP contribution in [-0.4, -0.2) is 33.2 Å². The first-order valence-electron chi connectivity index (χ1n) is 6.40. The minimum atomic E-state index is -3.70.